The number of hydrogen-bond acceptors (Lipinski definition) is 6. The summed E-state index contributed by atoms with van der Waals surface area (Å²) in [6.45, 7) is 0.154. The number of thioether (sulfide) groups is 1. The highest BCUT2D eigenvalue weighted by Gasteiger charge is 2.12. The van der Waals surface area contributed by atoms with Crippen LogP contribution in [0.2, 0.25) is 0 Å². The third kappa shape index (κ3) is 3.77. The van der Waals surface area contributed by atoms with E-state index in [1.54, 1.807) is 14.1 Å². The molecule has 0 atom stereocenters. The Bertz CT molecular complexity index is 383. The molecule has 0 N–H and O–H groups in total. The highest BCUT2D eigenvalue weighted by molar-refractivity contribution is 8.13. The summed E-state index contributed by atoms with van der Waals surface area (Å²) < 4.78 is 8.99. The summed E-state index contributed by atoms with van der Waals surface area (Å²) in [4.78, 5) is 16.7. The predicted molar refractivity (Wildman–Crippen MR) is 59.2 cm³/mol. The number of nitrogens with zero attached hydrogens (tertiary/aromatic N) is 3. The number of terminal acetylenes is 1. The van der Waals surface area contributed by atoms with Crippen LogP contribution in [-0.2, 0) is 0 Å². The minimum atomic E-state index is -0.128. The van der Waals surface area contributed by atoms with E-state index >= 15 is 0 Å². The number of carbonyl (C=O) groups is 1. The summed E-state index contributed by atoms with van der Waals surface area (Å²) in [5.41, 5.74) is 0. The van der Waals surface area contributed by atoms with Gasteiger partial charge in [0.05, 0.1) is 0 Å². The third-order valence-electron chi connectivity index (χ3n) is 1.21. The molecule has 0 radical (unpaired) electrons. The minimum Gasteiger partial charge on any atom is -0.456 e. The molecule has 0 aromatic carbocycles. The molecule has 15 heavy (non-hydrogen) atoms. The Morgan fingerprint density at radius 2 is 2.47 bits per heavy atom. The van der Waals surface area contributed by atoms with Crippen LogP contribution in [0.3, 0.4) is 0 Å². The van der Waals surface area contributed by atoms with Crippen molar-refractivity contribution < 1.29 is 9.53 Å². The largest absolute Gasteiger partial charge is 0.456 e. The maximum absolute atomic E-state index is 11.3. The zero-order valence-corrected chi connectivity index (χ0v) is 9.89. The van der Waals surface area contributed by atoms with Gasteiger partial charge in [0.1, 0.15) is 0 Å². The van der Waals surface area contributed by atoms with Gasteiger partial charge in [-0.05, 0) is 0 Å². The van der Waals surface area contributed by atoms with Crippen molar-refractivity contribution in [1.29, 1.82) is 0 Å². The lowest BCUT2D eigenvalue weighted by molar-refractivity contribution is 0.241. The fourth-order valence-corrected chi connectivity index (χ4v) is 1.79. The molecule has 0 aliphatic heterocycles. The first kappa shape index (κ1) is 11.8. The van der Waals surface area contributed by atoms with Gasteiger partial charge in [-0.3, -0.25) is 4.79 Å². The molecule has 7 heteroatoms. The molecule has 0 saturated heterocycles. The van der Waals surface area contributed by atoms with Gasteiger partial charge in [0.15, 0.2) is 6.61 Å². The lowest BCUT2D eigenvalue weighted by Gasteiger charge is -2.05. The van der Waals surface area contributed by atoms with E-state index in [-0.39, 0.29) is 11.8 Å². The van der Waals surface area contributed by atoms with Crippen molar-refractivity contribution in [2.75, 3.05) is 20.7 Å². The van der Waals surface area contributed by atoms with Gasteiger partial charge in [0, 0.05) is 37.4 Å². The van der Waals surface area contributed by atoms with Gasteiger partial charge in [0.25, 0.3) is 10.4 Å². The topological polar surface area (TPSA) is 55.3 Å². The number of ether oxygens (including phenoxy) is 1. The van der Waals surface area contributed by atoms with Gasteiger partial charge in [-0.1, -0.05) is 5.92 Å². The van der Waals surface area contributed by atoms with E-state index < -0.39 is 0 Å². The summed E-state index contributed by atoms with van der Waals surface area (Å²) in [7, 11) is 3.33. The van der Waals surface area contributed by atoms with Crippen LogP contribution in [0.15, 0.2) is 5.16 Å². The second-order valence-electron chi connectivity index (χ2n) is 2.60. The Kier molecular flexibility index (Phi) is 4.39. The monoisotopic (exact) mass is 243 g/mol. The Morgan fingerprint density at radius 3 is 3.07 bits per heavy atom. The van der Waals surface area contributed by atoms with Gasteiger partial charge in [0.2, 0.25) is 5.16 Å². The number of hydrogen-bond donors (Lipinski definition) is 0. The van der Waals surface area contributed by atoms with Crippen molar-refractivity contribution in [2.24, 2.45) is 0 Å². The number of amides is 1. The van der Waals surface area contributed by atoms with Gasteiger partial charge < -0.3 is 9.64 Å². The highest BCUT2D eigenvalue weighted by Crippen LogP contribution is 2.23. The normalized spacial score (nSPS) is 9.40. The van der Waals surface area contributed by atoms with Crippen LogP contribution < -0.4 is 4.74 Å². The second-order valence-corrected chi connectivity index (χ2v) is 4.23. The van der Waals surface area contributed by atoms with E-state index in [1.807, 2.05) is 0 Å². The molecule has 1 rings (SSSR count). The molecular formula is C8H9N3O2S2. The first-order valence-electron chi connectivity index (χ1n) is 3.92. The lowest BCUT2D eigenvalue weighted by Crippen LogP contribution is -2.16. The van der Waals surface area contributed by atoms with E-state index in [0.717, 1.165) is 23.3 Å². The summed E-state index contributed by atoms with van der Waals surface area (Å²) in [6.07, 6.45) is 5.02. The zero-order chi connectivity index (χ0) is 11.3. The summed E-state index contributed by atoms with van der Waals surface area (Å²) >= 11 is 2.02. The SMILES string of the molecule is C#CCOc1nc(SC(=O)N(C)C)ns1. The Balaban J connectivity index is 2.53. The van der Waals surface area contributed by atoms with Crippen molar-refractivity contribution in [1.82, 2.24) is 14.3 Å². The fourth-order valence-electron chi connectivity index (χ4n) is 0.570. The van der Waals surface area contributed by atoms with Crippen LogP contribution in [-0.4, -0.2) is 40.2 Å². The summed E-state index contributed by atoms with van der Waals surface area (Å²) in [5.74, 6) is 2.32. The van der Waals surface area contributed by atoms with E-state index in [4.69, 9.17) is 11.2 Å². The molecule has 0 saturated carbocycles. The van der Waals surface area contributed by atoms with E-state index in [2.05, 4.69) is 15.3 Å². The second kappa shape index (κ2) is 5.58. The summed E-state index contributed by atoms with van der Waals surface area (Å²) in [5, 5.41) is 0.629. The molecule has 0 unspecified atom stereocenters. The van der Waals surface area contributed by atoms with Crippen LogP contribution >= 0.6 is 23.3 Å². The Hall–Kier alpha value is -1.26. The molecule has 80 valence electrons. The minimum absolute atomic E-state index is 0.128. The summed E-state index contributed by atoms with van der Waals surface area (Å²) in [6, 6.07) is 0. The van der Waals surface area contributed by atoms with Crippen molar-refractivity contribution in [3.63, 3.8) is 0 Å². The van der Waals surface area contributed by atoms with E-state index in [9.17, 15) is 4.79 Å². The average Bonchev–Trinajstić information content (AvgIpc) is 2.62. The quantitative estimate of drug-likeness (QED) is 0.592. The molecular weight excluding hydrogens is 234 g/mol. The van der Waals surface area contributed by atoms with Crippen LogP contribution in [0.4, 0.5) is 4.79 Å². The van der Waals surface area contributed by atoms with Gasteiger partial charge in [-0.2, -0.15) is 9.36 Å². The standard InChI is InChI=1S/C8H9N3O2S2/c1-4-5-13-7-9-6(10-15-7)14-8(12)11(2)3/h1H,5H2,2-3H3. The molecule has 5 nitrogen and oxygen atoms in total. The van der Waals surface area contributed by atoms with Gasteiger partial charge in [-0.15, -0.1) is 6.42 Å². The fraction of sp³-hybridized carbons (Fsp3) is 0.375. The van der Waals surface area contributed by atoms with Crippen LogP contribution in [0.5, 0.6) is 5.19 Å². The van der Waals surface area contributed by atoms with Crippen molar-refractivity contribution in [2.45, 2.75) is 5.16 Å². The van der Waals surface area contributed by atoms with Crippen LogP contribution in [0.25, 0.3) is 0 Å². The van der Waals surface area contributed by atoms with E-state index in [1.165, 1.54) is 4.90 Å². The highest BCUT2D eigenvalue weighted by atomic mass is 32.2. The molecule has 1 heterocycles. The van der Waals surface area contributed by atoms with Crippen LogP contribution in [0.1, 0.15) is 0 Å². The lowest BCUT2D eigenvalue weighted by atomic mass is 10.8. The number of rotatable bonds is 3. The molecule has 1 aromatic heterocycles. The van der Waals surface area contributed by atoms with E-state index in [0.29, 0.717) is 10.4 Å². The molecule has 0 fully saturated rings. The van der Waals surface area contributed by atoms with Crippen molar-refractivity contribution in [3.8, 4) is 17.5 Å². The average molecular weight is 243 g/mol. The maximum atomic E-state index is 11.3. The maximum Gasteiger partial charge on any atom is 0.294 e. The Morgan fingerprint density at radius 1 is 1.73 bits per heavy atom. The first-order chi connectivity index (χ1) is 7.13. The van der Waals surface area contributed by atoms with Crippen LogP contribution in [0, 0.1) is 12.3 Å². The third-order valence-corrected chi connectivity index (χ3v) is 2.86. The predicted octanol–water partition coefficient (Wildman–Crippen LogP) is 1.32. The molecule has 0 spiro atoms. The number of aromatic nitrogens is 2. The number of carbonyl (C=O) groups excluding carboxylic acids is 1. The van der Waals surface area contributed by atoms with Gasteiger partial charge in [-0.25, -0.2) is 0 Å². The van der Waals surface area contributed by atoms with Crippen molar-refractivity contribution in [3.05, 3.63) is 0 Å². The molecule has 1 aromatic rings. The first-order valence-corrected chi connectivity index (χ1v) is 5.51. The molecule has 1 amide bonds. The molecule has 0 aliphatic rings. The smallest absolute Gasteiger partial charge is 0.294 e. The molecule has 0 aliphatic carbocycles. The van der Waals surface area contributed by atoms with Gasteiger partial charge >= 0.3 is 0 Å². The molecule has 0 bridgehead atoms. The Labute approximate surface area is 96.0 Å². The zero-order valence-electron chi connectivity index (χ0n) is 8.26. The van der Waals surface area contributed by atoms with Crippen molar-refractivity contribution >= 4 is 28.5 Å².